The number of aliphatic hydroxyl groups excluding tert-OH is 1. The van der Waals surface area contributed by atoms with Gasteiger partial charge in [0.15, 0.2) is 5.82 Å². The Morgan fingerprint density at radius 1 is 1.28 bits per heavy atom. The molecule has 16 nitrogen and oxygen atoms in total. The lowest BCUT2D eigenvalue weighted by molar-refractivity contribution is -0.237. The molecule has 0 saturated carbocycles. The van der Waals surface area contributed by atoms with Gasteiger partial charge in [-0.05, 0) is 39.8 Å². The average Bonchev–Trinajstić information content (AvgIpc) is 3.48. The lowest BCUT2D eigenvalue weighted by Gasteiger charge is -2.44. The Bertz CT molecular complexity index is 1670. The van der Waals surface area contributed by atoms with E-state index in [1.54, 1.807) is 13.8 Å². The van der Waals surface area contributed by atoms with Crippen LogP contribution in [0, 0.1) is 11.3 Å². The van der Waals surface area contributed by atoms with Gasteiger partial charge in [0.2, 0.25) is 5.88 Å². The summed E-state index contributed by atoms with van der Waals surface area (Å²) in [5, 5.41) is 13.4. The van der Waals surface area contributed by atoms with E-state index in [2.05, 4.69) is 27.7 Å². The SMILES string of the molecule is CN=CC(=C(C)N)S(=O)(=O)NC(=O)c1ccc(-n2ccc(OCC(C)(CO)C(F)(F)F)n2)nc1N1C[C@@H](C(N)(N)S)C(N)(N)C1(C)C. The maximum Gasteiger partial charge on any atom is 0.399 e. The molecule has 262 valence electrons. The largest absolute Gasteiger partial charge is 0.476 e. The van der Waals surface area contributed by atoms with Gasteiger partial charge in [-0.1, -0.05) is 0 Å². The molecule has 0 radical (unpaired) electrons. The van der Waals surface area contributed by atoms with E-state index in [-0.39, 0.29) is 35.3 Å². The molecule has 1 amide bonds. The zero-order valence-electron chi connectivity index (χ0n) is 26.3. The smallest absolute Gasteiger partial charge is 0.399 e. The van der Waals surface area contributed by atoms with Crippen LogP contribution in [0.2, 0.25) is 0 Å². The molecular weight excluding hydrogens is 667 g/mol. The molecule has 0 aromatic carbocycles. The van der Waals surface area contributed by atoms with Crippen molar-refractivity contribution in [2.45, 2.75) is 50.1 Å². The van der Waals surface area contributed by atoms with Crippen molar-refractivity contribution in [2.24, 2.45) is 45.0 Å². The number of rotatable bonds is 11. The lowest BCUT2D eigenvalue weighted by Crippen LogP contribution is -2.73. The Balaban J connectivity index is 2.14. The molecule has 1 unspecified atom stereocenters. The molecule has 2 aromatic rings. The number of carbonyl (C=O) groups is 1. The number of sulfonamides is 1. The first-order valence-corrected chi connectivity index (χ1v) is 15.8. The first kappa shape index (κ1) is 38.0. The van der Waals surface area contributed by atoms with Crippen LogP contribution in [0.1, 0.15) is 38.1 Å². The van der Waals surface area contributed by atoms with E-state index in [4.69, 9.17) is 33.4 Å². The fourth-order valence-corrected chi connectivity index (χ4v) is 6.17. The molecule has 1 aliphatic rings. The van der Waals surface area contributed by atoms with Crippen LogP contribution in [0.3, 0.4) is 0 Å². The van der Waals surface area contributed by atoms with E-state index < -0.39 is 67.8 Å². The number of halogens is 3. The van der Waals surface area contributed by atoms with Gasteiger partial charge in [0.25, 0.3) is 15.9 Å². The molecular formula is C26H40F3N11O5S2. The number of amides is 1. The van der Waals surface area contributed by atoms with Crippen molar-refractivity contribution in [2.75, 3.05) is 31.7 Å². The van der Waals surface area contributed by atoms with Gasteiger partial charge in [-0.15, -0.1) is 17.7 Å². The zero-order valence-corrected chi connectivity index (χ0v) is 28.0. The Labute approximate surface area is 275 Å². The second-order valence-electron chi connectivity index (χ2n) is 12.1. The normalized spacial score (nSPS) is 20.2. The number of thiol groups is 1. The molecule has 1 saturated heterocycles. The molecule has 3 heterocycles. The summed E-state index contributed by atoms with van der Waals surface area (Å²) in [6.45, 7) is 3.13. The van der Waals surface area contributed by atoms with Crippen molar-refractivity contribution in [3.05, 3.63) is 40.6 Å². The number of anilines is 1. The van der Waals surface area contributed by atoms with Gasteiger partial charge in [-0.25, -0.2) is 22.8 Å². The predicted octanol–water partition coefficient (Wildman–Crippen LogP) is -0.513. The first-order valence-electron chi connectivity index (χ1n) is 13.8. The van der Waals surface area contributed by atoms with Crippen LogP contribution in [-0.2, 0) is 10.0 Å². The number of allylic oxidation sites excluding steroid dienone is 2. The van der Waals surface area contributed by atoms with Crippen LogP contribution in [-0.4, -0.2) is 89.6 Å². The van der Waals surface area contributed by atoms with Gasteiger partial charge < -0.3 is 43.4 Å². The van der Waals surface area contributed by atoms with Crippen molar-refractivity contribution in [3.8, 4) is 11.7 Å². The molecule has 0 aliphatic carbocycles. The molecule has 2 aromatic heterocycles. The van der Waals surface area contributed by atoms with E-state index in [1.807, 2.05) is 4.72 Å². The second-order valence-corrected chi connectivity index (χ2v) is 14.5. The fourth-order valence-electron chi connectivity index (χ4n) is 4.75. The Hall–Kier alpha value is -3.47. The maximum absolute atomic E-state index is 13.6. The van der Waals surface area contributed by atoms with E-state index in [9.17, 15) is 31.5 Å². The van der Waals surface area contributed by atoms with Gasteiger partial charge in [0.05, 0.1) is 29.3 Å². The van der Waals surface area contributed by atoms with Crippen molar-refractivity contribution < 1.29 is 36.2 Å². The number of aromatic nitrogens is 3. The molecule has 3 rings (SSSR count). The highest BCUT2D eigenvalue weighted by Crippen LogP contribution is 2.44. The number of aliphatic hydroxyl groups is 1. The number of pyridine rings is 1. The molecule has 0 spiro atoms. The first-order chi connectivity index (χ1) is 21.3. The third-order valence-corrected chi connectivity index (χ3v) is 9.89. The molecule has 0 bridgehead atoms. The molecule has 21 heteroatoms. The fraction of sp³-hybridized carbons (Fsp3) is 0.538. The van der Waals surface area contributed by atoms with E-state index in [0.29, 0.717) is 0 Å². The molecule has 1 fully saturated rings. The van der Waals surface area contributed by atoms with Gasteiger partial charge >= 0.3 is 6.18 Å². The summed E-state index contributed by atoms with van der Waals surface area (Å²) in [5.41, 5.74) is 25.2. The lowest BCUT2D eigenvalue weighted by atomic mass is 9.82. The Morgan fingerprint density at radius 2 is 1.89 bits per heavy atom. The molecule has 1 aliphatic heterocycles. The number of hydrogen-bond acceptors (Lipinski definition) is 15. The summed E-state index contributed by atoms with van der Waals surface area (Å²) in [5.74, 6) is -2.34. The van der Waals surface area contributed by atoms with Crippen LogP contribution in [0.5, 0.6) is 5.88 Å². The third kappa shape index (κ3) is 7.34. The van der Waals surface area contributed by atoms with Crippen molar-refractivity contribution in [1.29, 1.82) is 0 Å². The van der Waals surface area contributed by atoms with Crippen LogP contribution in [0.15, 0.2) is 40.0 Å². The van der Waals surface area contributed by atoms with Crippen molar-refractivity contribution in [3.63, 3.8) is 0 Å². The number of hydrogen-bond donors (Lipinski definition) is 8. The number of nitrogens with zero attached hydrogens (tertiary/aromatic N) is 5. The number of ether oxygens (including phenoxy) is 1. The molecule has 47 heavy (non-hydrogen) atoms. The number of carbonyl (C=O) groups excluding carboxylic acids is 1. The van der Waals surface area contributed by atoms with Crippen molar-refractivity contribution >= 4 is 40.6 Å². The third-order valence-electron chi connectivity index (χ3n) is 8.12. The average molecular weight is 708 g/mol. The summed E-state index contributed by atoms with van der Waals surface area (Å²) in [6, 6.07) is 3.82. The standard InChI is InChI=1S/C26H40F3N11O5S2/c1-14(30)16(10-35-5)47(43,44)38-21(42)15-6-7-18(40-9-8-19(37-40)45-13-23(4,12-41)26(27,28)29)36-20(15)39-11-17(25(33,34)46)24(31,32)22(39,2)3/h6-10,17,41,46H,11-13,30-34H2,1-5H3,(H,38,42)/t17-,23?/m1/s1. The minimum atomic E-state index is -4.76. The molecule has 2 atom stereocenters. The minimum Gasteiger partial charge on any atom is -0.476 e. The van der Waals surface area contributed by atoms with E-state index in [0.717, 1.165) is 17.8 Å². The number of aliphatic imine (C=N–C) groups is 1. The summed E-state index contributed by atoms with van der Waals surface area (Å²) in [6.07, 6.45) is -2.46. The van der Waals surface area contributed by atoms with Crippen LogP contribution in [0.4, 0.5) is 19.0 Å². The topological polar surface area (TPSA) is 269 Å². The number of nitrogens with two attached hydrogens (primary N) is 5. The van der Waals surface area contributed by atoms with Crippen LogP contribution < -0.4 is 43.0 Å². The van der Waals surface area contributed by atoms with Crippen LogP contribution >= 0.6 is 12.6 Å². The predicted molar refractivity (Wildman–Crippen MR) is 172 cm³/mol. The highest BCUT2D eigenvalue weighted by Gasteiger charge is 2.60. The monoisotopic (exact) mass is 707 g/mol. The van der Waals surface area contributed by atoms with Crippen molar-refractivity contribution in [1.82, 2.24) is 19.5 Å². The quantitative estimate of drug-likeness (QED) is 0.0832. The second kappa shape index (κ2) is 12.9. The van der Waals surface area contributed by atoms with Gasteiger partial charge in [0, 0.05) is 37.8 Å². The number of alkyl halides is 3. The minimum absolute atomic E-state index is 0.0306. The van der Waals surface area contributed by atoms with E-state index in [1.165, 1.54) is 43.3 Å². The van der Waals surface area contributed by atoms with E-state index >= 15 is 0 Å². The highest BCUT2D eigenvalue weighted by molar-refractivity contribution is 7.94. The zero-order chi connectivity index (χ0) is 36.0. The summed E-state index contributed by atoms with van der Waals surface area (Å²) < 4.78 is 74.8. The summed E-state index contributed by atoms with van der Waals surface area (Å²) >= 11 is 4.27. The highest BCUT2D eigenvalue weighted by atomic mass is 32.2. The van der Waals surface area contributed by atoms with Crippen LogP contribution in [0.25, 0.3) is 5.82 Å². The van der Waals surface area contributed by atoms with Gasteiger partial charge in [-0.3, -0.25) is 9.79 Å². The summed E-state index contributed by atoms with van der Waals surface area (Å²) in [4.78, 5) is 21.2. The van der Waals surface area contributed by atoms with Gasteiger partial charge in [-0.2, -0.15) is 13.2 Å². The summed E-state index contributed by atoms with van der Waals surface area (Å²) in [7, 11) is -3.20. The number of nitrogens with one attached hydrogen (secondary N) is 1. The Kier molecular flexibility index (Phi) is 10.4. The van der Waals surface area contributed by atoms with Gasteiger partial charge in [0.1, 0.15) is 27.7 Å². The maximum atomic E-state index is 13.6. The Morgan fingerprint density at radius 3 is 2.38 bits per heavy atom. The molecule has 12 N–H and O–H groups in total.